The molecule has 35 heavy (non-hydrogen) atoms. The van der Waals surface area contributed by atoms with Gasteiger partial charge < -0.3 is 19.5 Å². The van der Waals surface area contributed by atoms with Gasteiger partial charge in [0.15, 0.2) is 11.5 Å². The monoisotopic (exact) mass is 473 g/mol. The van der Waals surface area contributed by atoms with Crippen molar-refractivity contribution in [3.63, 3.8) is 0 Å². The Labute approximate surface area is 202 Å². The van der Waals surface area contributed by atoms with Crippen molar-refractivity contribution in [2.45, 2.75) is 13.5 Å². The molecule has 178 valence electrons. The van der Waals surface area contributed by atoms with Gasteiger partial charge in [0.25, 0.3) is 11.6 Å². The van der Waals surface area contributed by atoms with Crippen LogP contribution in [0.2, 0.25) is 0 Å². The van der Waals surface area contributed by atoms with Gasteiger partial charge >= 0.3 is 0 Å². The smallest absolute Gasteiger partial charge is 0.296 e. The van der Waals surface area contributed by atoms with Crippen molar-refractivity contribution in [3.05, 3.63) is 93.5 Å². The molecule has 1 amide bonds. The molecule has 3 aromatic carbocycles. The second-order valence-electron chi connectivity index (χ2n) is 7.18. The molecule has 0 aliphatic rings. The zero-order valence-electron chi connectivity index (χ0n) is 19.2. The molecule has 9 heteroatoms. The van der Waals surface area contributed by atoms with Crippen LogP contribution in [0.15, 0.2) is 72.3 Å². The van der Waals surface area contributed by atoms with Crippen LogP contribution in [-0.4, -0.2) is 24.5 Å². The lowest BCUT2D eigenvalue weighted by Gasteiger charge is -2.13. The molecule has 0 fully saturated rings. The molecule has 0 bridgehead atoms. The average molecular weight is 473 g/mol. The number of nitriles is 1. The fourth-order valence-electron chi connectivity index (χ4n) is 3.14. The van der Waals surface area contributed by atoms with Crippen molar-refractivity contribution in [1.29, 1.82) is 5.26 Å². The Kier molecular flexibility index (Phi) is 8.40. The number of anilines is 1. The number of nitrogens with one attached hydrogen (secondary N) is 1. The lowest BCUT2D eigenvalue weighted by Crippen LogP contribution is -2.14. The minimum Gasteiger partial charge on any atom is -0.496 e. The van der Waals surface area contributed by atoms with Crippen molar-refractivity contribution in [2.75, 3.05) is 19.0 Å². The highest BCUT2D eigenvalue weighted by molar-refractivity contribution is 6.10. The summed E-state index contributed by atoms with van der Waals surface area (Å²) in [6.07, 6.45) is 1.37. The fraction of sp³-hybridized carbons (Fsp3) is 0.154. The first-order chi connectivity index (χ1) is 16.9. The van der Waals surface area contributed by atoms with Gasteiger partial charge in [-0.3, -0.25) is 14.9 Å². The van der Waals surface area contributed by atoms with Gasteiger partial charge in [-0.15, -0.1) is 0 Å². The van der Waals surface area contributed by atoms with Crippen molar-refractivity contribution in [1.82, 2.24) is 0 Å². The van der Waals surface area contributed by atoms with Crippen LogP contribution in [-0.2, 0) is 11.4 Å². The summed E-state index contributed by atoms with van der Waals surface area (Å²) in [5.41, 5.74) is 0.872. The van der Waals surface area contributed by atoms with Gasteiger partial charge in [0.1, 0.15) is 29.7 Å². The number of hydrogen-bond donors (Lipinski definition) is 1. The van der Waals surface area contributed by atoms with Gasteiger partial charge in [-0.25, -0.2) is 0 Å². The zero-order valence-corrected chi connectivity index (χ0v) is 19.2. The summed E-state index contributed by atoms with van der Waals surface area (Å²) in [6.45, 7) is 2.57. The average Bonchev–Trinajstić information content (AvgIpc) is 2.87. The predicted molar refractivity (Wildman–Crippen MR) is 130 cm³/mol. The Morgan fingerprint density at radius 1 is 1.09 bits per heavy atom. The van der Waals surface area contributed by atoms with Crippen LogP contribution in [0, 0.1) is 21.4 Å². The molecule has 0 radical (unpaired) electrons. The van der Waals surface area contributed by atoms with Crippen LogP contribution < -0.4 is 19.5 Å². The molecule has 9 nitrogen and oxygen atoms in total. The number of methoxy groups -OCH3 is 1. The Hall–Kier alpha value is -4.84. The van der Waals surface area contributed by atoms with Crippen molar-refractivity contribution in [2.24, 2.45) is 0 Å². The number of benzene rings is 3. The summed E-state index contributed by atoms with van der Waals surface area (Å²) < 4.78 is 16.5. The van der Waals surface area contributed by atoms with E-state index in [9.17, 15) is 20.2 Å². The Morgan fingerprint density at radius 2 is 1.86 bits per heavy atom. The number of nitrogens with zero attached hydrogens (tertiary/aromatic N) is 2. The van der Waals surface area contributed by atoms with Gasteiger partial charge in [-0.05, 0) is 48.4 Å². The zero-order chi connectivity index (χ0) is 25.2. The second kappa shape index (κ2) is 11.9. The highest BCUT2D eigenvalue weighted by atomic mass is 16.6. The third-order valence-corrected chi connectivity index (χ3v) is 4.83. The number of hydrogen-bond acceptors (Lipinski definition) is 7. The van der Waals surface area contributed by atoms with Gasteiger partial charge in [0.2, 0.25) is 0 Å². The van der Waals surface area contributed by atoms with Gasteiger partial charge in [-0.1, -0.05) is 36.4 Å². The Morgan fingerprint density at radius 3 is 2.51 bits per heavy atom. The van der Waals surface area contributed by atoms with E-state index in [1.807, 2.05) is 43.3 Å². The van der Waals surface area contributed by atoms with E-state index in [1.165, 1.54) is 31.4 Å². The standard InChI is InChI=1S/C26H23N3O6/c1-3-34-25-14-19(9-12-24(25)35-17-18-7-5-4-6-8-18)13-20(16-27)26(30)28-22-11-10-21(33-2)15-23(22)29(31)32/h4-15H,3,17H2,1-2H3,(H,28,30)/b20-13+. The van der Waals surface area contributed by atoms with Gasteiger partial charge in [0.05, 0.1) is 24.7 Å². The number of carbonyl (C=O) groups excluding carboxylic acids is 1. The SMILES string of the molecule is CCOc1cc(/C=C(\C#N)C(=O)Nc2ccc(OC)cc2[N+](=O)[O-])ccc1OCc1ccccc1. The molecule has 0 spiro atoms. The van der Waals surface area contributed by atoms with Gasteiger partial charge in [0, 0.05) is 0 Å². The maximum absolute atomic E-state index is 12.7. The molecule has 0 saturated carbocycles. The fourth-order valence-corrected chi connectivity index (χ4v) is 3.14. The summed E-state index contributed by atoms with van der Waals surface area (Å²) in [4.78, 5) is 23.4. The summed E-state index contributed by atoms with van der Waals surface area (Å²) >= 11 is 0. The summed E-state index contributed by atoms with van der Waals surface area (Å²) in [5.74, 6) is 0.456. The predicted octanol–water partition coefficient (Wildman–Crippen LogP) is 5.13. The van der Waals surface area contributed by atoms with Crippen LogP contribution in [0.1, 0.15) is 18.1 Å². The molecular formula is C26H23N3O6. The number of rotatable bonds is 10. The summed E-state index contributed by atoms with van der Waals surface area (Å²) in [6, 6.07) is 20.5. The minimum atomic E-state index is -0.789. The van der Waals surface area contributed by atoms with E-state index in [0.717, 1.165) is 5.56 Å². The molecule has 1 N–H and O–H groups in total. The molecular weight excluding hydrogens is 450 g/mol. The van der Waals surface area contributed by atoms with E-state index in [2.05, 4.69) is 5.32 Å². The first kappa shape index (κ1) is 24.8. The number of nitro groups is 1. The summed E-state index contributed by atoms with van der Waals surface area (Å²) in [7, 11) is 1.38. The minimum absolute atomic E-state index is 0.0541. The highest BCUT2D eigenvalue weighted by Crippen LogP contribution is 2.31. The van der Waals surface area contributed by atoms with E-state index in [1.54, 1.807) is 18.2 Å². The maximum atomic E-state index is 12.7. The summed E-state index contributed by atoms with van der Waals surface area (Å²) in [5, 5.41) is 23.3. The normalized spacial score (nSPS) is 10.7. The number of carbonyl (C=O) groups is 1. The molecule has 3 rings (SSSR count). The van der Waals surface area contributed by atoms with E-state index in [-0.39, 0.29) is 22.7 Å². The molecule has 0 aromatic heterocycles. The van der Waals surface area contributed by atoms with E-state index in [4.69, 9.17) is 14.2 Å². The number of nitro benzene ring substituents is 1. The van der Waals surface area contributed by atoms with Crippen LogP contribution >= 0.6 is 0 Å². The van der Waals surface area contributed by atoms with E-state index in [0.29, 0.717) is 30.3 Å². The lowest BCUT2D eigenvalue weighted by molar-refractivity contribution is -0.384. The number of ether oxygens (including phenoxy) is 3. The van der Waals surface area contributed by atoms with Gasteiger partial charge in [-0.2, -0.15) is 5.26 Å². The first-order valence-electron chi connectivity index (χ1n) is 10.6. The Balaban J connectivity index is 1.82. The highest BCUT2D eigenvalue weighted by Gasteiger charge is 2.19. The van der Waals surface area contributed by atoms with Crippen LogP contribution in [0.25, 0.3) is 6.08 Å². The van der Waals surface area contributed by atoms with Crippen molar-refractivity contribution >= 4 is 23.4 Å². The van der Waals surface area contributed by atoms with Crippen molar-refractivity contribution in [3.8, 4) is 23.3 Å². The Bertz CT molecular complexity index is 1280. The molecule has 0 aliphatic carbocycles. The van der Waals surface area contributed by atoms with Crippen molar-refractivity contribution < 1.29 is 23.9 Å². The third-order valence-electron chi connectivity index (χ3n) is 4.83. The lowest BCUT2D eigenvalue weighted by atomic mass is 10.1. The molecule has 0 atom stereocenters. The largest absolute Gasteiger partial charge is 0.496 e. The molecule has 0 unspecified atom stereocenters. The molecule has 3 aromatic rings. The number of amides is 1. The molecule has 0 saturated heterocycles. The third kappa shape index (κ3) is 6.58. The van der Waals surface area contributed by atoms with E-state index < -0.39 is 10.8 Å². The van der Waals surface area contributed by atoms with Crippen LogP contribution in [0.5, 0.6) is 17.2 Å². The quantitative estimate of drug-likeness (QED) is 0.187. The van der Waals surface area contributed by atoms with Crippen LogP contribution in [0.3, 0.4) is 0 Å². The first-order valence-corrected chi connectivity index (χ1v) is 10.6. The topological polar surface area (TPSA) is 124 Å². The van der Waals surface area contributed by atoms with Crippen LogP contribution in [0.4, 0.5) is 11.4 Å². The second-order valence-corrected chi connectivity index (χ2v) is 7.18. The molecule has 0 aliphatic heterocycles. The van der Waals surface area contributed by atoms with E-state index >= 15 is 0 Å². The molecule has 0 heterocycles. The maximum Gasteiger partial charge on any atom is 0.296 e.